The van der Waals surface area contributed by atoms with Gasteiger partial charge >= 0.3 is 0 Å². The third-order valence-electron chi connectivity index (χ3n) is 3.11. The molecule has 0 radical (unpaired) electrons. The lowest BCUT2D eigenvalue weighted by Gasteiger charge is -2.08. The van der Waals surface area contributed by atoms with Gasteiger partial charge in [-0.05, 0) is 30.3 Å². The average Bonchev–Trinajstić information content (AvgIpc) is 2.48. The van der Waals surface area contributed by atoms with Crippen molar-refractivity contribution in [2.45, 2.75) is 0 Å². The van der Waals surface area contributed by atoms with E-state index in [0.29, 0.717) is 28.0 Å². The zero-order valence-corrected chi connectivity index (χ0v) is 10.9. The third-order valence-corrected chi connectivity index (χ3v) is 3.11. The summed E-state index contributed by atoms with van der Waals surface area (Å²) < 4.78 is 6.64. The van der Waals surface area contributed by atoms with Crippen LogP contribution in [0.25, 0.3) is 16.6 Å². The fourth-order valence-corrected chi connectivity index (χ4v) is 2.08. The molecule has 2 N–H and O–H groups in total. The van der Waals surface area contributed by atoms with E-state index in [-0.39, 0.29) is 5.56 Å². The van der Waals surface area contributed by atoms with Crippen LogP contribution in [0.5, 0.6) is 5.75 Å². The molecular weight excluding hydrogens is 254 g/mol. The Morgan fingerprint density at radius 2 is 2.05 bits per heavy atom. The van der Waals surface area contributed by atoms with Crippen molar-refractivity contribution in [2.75, 3.05) is 12.8 Å². The molecule has 0 aliphatic carbocycles. The van der Waals surface area contributed by atoms with Crippen molar-refractivity contribution in [2.24, 2.45) is 0 Å². The van der Waals surface area contributed by atoms with E-state index < -0.39 is 0 Å². The molecule has 0 unspecified atom stereocenters. The van der Waals surface area contributed by atoms with Crippen molar-refractivity contribution in [3.63, 3.8) is 0 Å². The van der Waals surface area contributed by atoms with Gasteiger partial charge in [-0.1, -0.05) is 6.07 Å². The largest absolute Gasteiger partial charge is 0.497 e. The molecule has 0 saturated carbocycles. The molecule has 0 aliphatic heterocycles. The Hall–Kier alpha value is -2.82. The second kappa shape index (κ2) is 4.70. The van der Waals surface area contributed by atoms with Crippen molar-refractivity contribution in [3.8, 4) is 11.4 Å². The number of rotatable bonds is 2. The summed E-state index contributed by atoms with van der Waals surface area (Å²) in [5, 5.41) is 0.496. The number of fused-ring (bicyclic) bond motifs is 1. The summed E-state index contributed by atoms with van der Waals surface area (Å²) >= 11 is 0. The van der Waals surface area contributed by atoms with Gasteiger partial charge in [-0.2, -0.15) is 0 Å². The zero-order chi connectivity index (χ0) is 14.1. The van der Waals surface area contributed by atoms with Gasteiger partial charge in [-0.25, -0.2) is 4.98 Å². The van der Waals surface area contributed by atoms with E-state index in [1.807, 2.05) is 18.2 Å². The monoisotopic (exact) mass is 267 g/mol. The van der Waals surface area contributed by atoms with Crippen LogP contribution in [0, 0.1) is 0 Å². The Bertz CT molecular complexity index is 840. The van der Waals surface area contributed by atoms with E-state index in [4.69, 9.17) is 10.5 Å². The minimum absolute atomic E-state index is 0.157. The second-order valence-corrected chi connectivity index (χ2v) is 4.40. The number of ether oxygens (including phenoxy) is 1. The number of anilines is 1. The number of methoxy groups -OCH3 is 1. The number of hydrogen-bond acceptors (Lipinski definition) is 4. The molecule has 0 aliphatic rings. The number of nitrogen functional groups attached to an aromatic ring is 1. The Morgan fingerprint density at radius 1 is 1.20 bits per heavy atom. The van der Waals surface area contributed by atoms with Crippen LogP contribution in [0.1, 0.15) is 0 Å². The van der Waals surface area contributed by atoms with Gasteiger partial charge in [-0.15, -0.1) is 0 Å². The highest BCUT2D eigenvalue weighted by molar-refractivity contribution is 5.81. The van der Waals surface area contributed by atoms with Crippen LogP contribution in [0.3, 0.4) is 0 Å². The first-order valence-electron chi connectivity index (χ1n) is 6.10. The lowest BCUT2D eigenvalue weighted by Crippen LogP contribution is -2.18. The molecule has 5 nitrogen and oxygen atoms in total. The molecule has 0 amide bonds. The molecule has 3 aromatic rings. The summed E-state index contributed by atoms with van der Waals surface area (Å²) in [7, 11) is 1.58. The Morgan fingerprint density at radius 3 is 2.85 bits per heavy atom. The normalized spacial score (nSPS) is 10.7. The molecule has 2 aromatic carbocycles. The van der Waals surface area contributed by atoms with Gasteiger partial charge in [0.15, 0.2) is 0 Å². The molecule has 0 spiro atoms. The van der Waals surface area contributed by atoms with Crippen molar-refractivity contribution in [1.29, 1.82) is 0 Å². The number of nitrogens with two attached hydrogens (primary N) is 1. The maximum absolute atomic E-state index is 12.5. The van der Waals surface area contributed by atoms with Crippen LogP contribution in [-0.2, 0) is 0 Å². The van der Waals surface area contributed by atoms with Gasteiger partial charge in [0.2, 0.25) is 0 Å². The smallest absolute Gasteiger partial charge is 0.265 e. The van der Waals surface area contributed by atoms with Crippen LogP contribution in [0.4, 0.5) is 5.69 Å². The van der Waals surface area contributed by atoms with Crippen molar-refractivity contribution < 1.29 is 4.74 Å². The maximum atomic E-state index is 12.5. The van der Waals surface area contributed by atoms with Crippen LogP contribution >= 0.6 is 0 Å². The van der Waals surface area contributed by atoms with Crippen LogP contribution in [0.2, 0.25) is 0 Å². The molecule has 0 bridgehead atoms. The summed E-state index contributed by atoms with van der Waals surface area (Å²) in [6.45, 7) is 0. The number of aromatic nitrogens is 2. The summed E-state index contributed by atoms with van der Waals surface area (Å²) in [5.41, 5.74) is 7.44. The highest BCUT2D eigenvalue weighted by Crippen LogP contribution is 2.16. The molecule has 0 saturated heterocycles. The van der Waals surface area contributed by atoms with Gasteiger partial charge in [0.05, 0.1) is 23.7 Å². The molecule has 20 heavy (non-hydrogen) atoms. The van der Waals surface area contributed by atoms with E-state index >= 15 is 0 Å². The minimum atomic E-state index is -0.157. The Kier molecular flexibility index (Phi) is 2.87. The van der Waals surface area contributed by atoms with Gasteiger partial charge < -0.3 is 10.5 Å². The van der Waals surface area contributed by atoms with Gasteiger partial charge in [0, 0.05) is 11.8 Å². The van der Waals surface area contributed by atoms with E-state index in [2.05, 4.69) is 4.98 Å². The maximum Gasteiger partial charge on any atom is 0.265 e. The highest BCUT2D eigenvalue weighted by Gasteiger charge is 2.06. The molecule has 1 aromatic heterocycles. The Labute approximate surface area is 115 Å². The molecule has 0 atom stereocenters. The first kappa shape index (κ1) is 12.2. The number of nitrogens with zero attached hydrogens (tertiary/aromatic N) is 2. The molecule has 100 valence electrons. The van der Waals surface area contributed by atoms with E-state index in [0.717, 1.165) is 0 Å². The summed E-state index contributed by atoms with van der Waals surface area (Å²) in [6.07, 6.45) is 1.51. The van der Waals surface area contributed by atoms with Gasteiger partial charge in [0.25, 0.3) is 5.56 Å². The first-order valence-corrected chi connectivity index (χ1v) is 6.10. The predicted molar refractivity (Wildman–Crippen MR) is 78.3 cm³/mol. The minimum Gasteiger partial charge on any atom is -0.497 e. The lowest BCUT2D eigenvalue weighted by atomic mass is 10.2. The van der Waals surface area contributed by atoms with Crippen LogP contribution in [-0.4, -0.2) is 16.7 Å². The first-order chi connectivity index (χ1) is 9.69. The van der Waals surface area contributed by atoms with Crippen molar-refractivity contribution in [3.05, 3.63) is 59.1 Å². The van der Waals surface area contributed by atoms with Crippen molar-refractivity contribution in [1.82, 2.24) is 9.55 Å². The fraction of sp³-hybridized carbons (Fsp3) is 0.0667. The molecule has 0 fully saturated rings. The van der Waals surface area contributed by atoms with Gasteiger partial charge in [0.1, 0.15) is 12.1 Å². The molecule has 3 rings (SSSR count). The second-order valence-electron chi connectivity index (χ2n) is 4.40. The van der Waals surface area contributed by atoms with Crippen molar-refractivity contribution >= 4 is 16.6 Å². The third kappa shape index (κ3) is 1.99. The SMILES string of the molecule is COc1cccc(-n2cnc3ccc(N)cc3c2=O)c1. The highest BCUT2D eigenvalue weighted by atomic mass is 16.5. The Balaban J connectivity index is 2.26. The van der Waals surface area contributed by atoms with Crippen LogP contribution < -0.4 is 16.0 Å². The average molecular weight is 267 g/mol. The number of benzene rings is 2. The summed E-state index contributed by atoms with van der Waals surface area (Å²) in [4.78, 5) is 16.8. The van der Waals surface area contributed by atoms with Crippen LogP contribution in [0.15, 0.2) is 53.6 Å². The summed E-state index contributed by atoms with van der Waals surface area (Å²) in [5.74, 6) is 0.682. The molecule has 1 heterocycles. The van der Waals surface area contributed by atoms with Gasteiger partial charge in [-0.3, -0.25) is 9.36 Å². The number of hydrogen-bond donors (Lipinski definition) is 1. The fourth-order valence-electron chi connectivity index (χ4n) is 2.08. The zero-order valence-electron chi connectivity index (χ0n) is 10.9. The molecule has 5 heteroatoms. The van der Waals surface area contributed by atoms with E-state index in [1.165, 1.54) is 10.9 Å². The van der Waals surface area contributed by atoms with E-state index in [1.54, 1.807) is 31.4 Å². The summed E-state index contributed by atoms with van der Waals surface area (Å²) in [6, 6.07) is 12.4. The predicted octanol–water partition coefficient (Wildman–Crippen LogP) is 1.98. The quantitative estimate of drug-likeness (QED) is 0.721. The van der Waals surface area contributed by atoms with E-state index in [9.17, 15) is 4.79 Å². The lowest BCUT2D eigenvalue weighted by molar-refractivity contribution is 0.414. The topological polar surface area (TPSA) is 70.1 Å². The molecular formula is C15H13N3O2. The standard InChI is InChI=1S/C15H13N3O2/c1-20-12-4-2-3-11(8-12)18-9-17-14-6-5-10(16)7-13(14)15(18)19/h2-9H,16H2,1H3.